The van der Waals surface area contributed by atoms with Gasteiger partial charge in [0, 0.05) is 12.7 Å². The first kappa shape index (κ1) is 33.9. The molecule has 5 rings (SSSR count). The zero-order valence-electron chi connectivity index (χ0n) is 27.8. The second-order valence-corrected chi connectivity index (χ2v) is 17.2. The number of benzene rings is 3. The van der Waals surface area contributed by atoms with Crippen LogP contribution < -0.4 is 15.1 Å². The molecule has 0 bridgehead atoms. The highest BCUT2D eigenvalue weighted by atomic mass is 28.4. The monoisotopic (exact) mass is 646 g/mol. The van der Waals surface area contributed by atoms with Crippen LogP contribution in [0.25, 0.3) is 11.0 Å². The normalized spacial score (nSPS) is 21.4. The highest BCUT2D eigenvalue weighted by molar-refractivity contribution is 6.73. The van der Waals surface area contributed by atoms with Crippen LogP contribution in [0.2, 0.25) is 18.1 Å². The molecule has 0 amide bonds. The van der Waals surface area contributed by atoms with Gasteiger partial charge in [-0.3, -0.25) is 0 Å². The lowest BCUT2D eigenvalue weighted by Crippen LogP contribution is -2.66. The molecule has 2 heterocycles. The zero-order chi connectivity index (χ0) is 33.1. The second kappa shape index (κ2) is 14.1. The molecule has 0 spiro atoms. The van der Waals surface area contributed by atoms with E-state index in [1.165, 1.54) is 6.07 Å². The highest BCUT2D eigenvalue weighted by Crippen LogP contribution is 2.40. The van der Waals surface area contributed by atoms with Crippen LogP contribution in [0, 0.1) is 6.92 Å². The fourth-order valence-corrected chi connectivity index (χ4v) is 9.31. The SMILES string of the molecule is CC[Si](CC)(CC)O[C@H]1[C@@H](O)[C@H](Oc2ccc3c(OC(c4ccccc4)c4ccccc4)cc(=O)oc3c2C)OC(C)(C)[C@@H]1OC. The minimum Gasteiger partial charge on any atom is -0.480 e. The molecule has 4 atom stereocenters. The van der Waals surface area contributed by atoms with Gasteiger partial charge in [-0.25, -0.2) is 4.79 Å². The summed E-state index contributed by atoms with van der Waals surface area (Å²) < 4.78 is 37.7. The third-order valence-corrected chi connectivity index (χ3v) is 14.0. The Morgan fingerprint density at radius 3 is 2.02 bits per heavy atom. The van der Waals surface area contributed by atoms with Crippen molar-refractivity contribution in [2.45, 2.75) is 96.0 Å². The molecule has 0 unspecified atom stereocenters. The summed E-state index contributed by atoms with van der Waals surface area (Å²) in [6, 6.07) is 27.5. The molecule has 1 fully saturated rings. The van der Waals surface area contributed by atoms with Crippen molar-refractivity contribution >= 4 is 19.3 Å². The molecular weight excluding hydrogens is 600 g/mol. The van der Waals surface area contributed by atoms with Crippen molar-refractivity contribution in [1.82, 2.24) is 0 Å². The zero-order valence-corrected chi connectivity index (χ0v) is 28.8. The van der Waals surface area contributed by atoms with Crippen LogP contribution >= 0.6 is 0 Å². The summed E-state index contributed by atoms with van der Waals surface area (Å²) >= 11 is 0. The van der Waals surface area contributed by atoms with E-state index < -0.39 is 50.2 Å². The lowest BCUT2D eigenvalue weighted by molar-refractivity contribution is -0.303. The van der Waals surface area contributed by atoms with Gasteiger partial charge in [0.2, 0.25) is 6.29 Å². The summed E-state index contributed by atoms with van der Waals surface area (Å²) in [6.45, 7) is 12.1. The van der Waals surface area contributed by atoms with Crippen molar-refractivity contribution in [3.05, 3.63) is 106 Å². The second-order valence-electron chi connectivity index (χ2n) is 12.5. The summed E-state index contributed by atoms with van der Waals surface area (Å²) in [4.78, 5) is 12.9. The van der Waals surface area contributed by atoms with Crippen LogP contribution in [0.1, 0.15) is 57.4 Å². The van der Waals surface area contributed by atoms with E-state index in [1.807, 2.05) is 81.4 Å². The molecule has 0 aliphatic carbocycles. The van der Waals surface area contributed by atoms with Crippen molar-refractivity contribution in [2.24, 2.45) is 0 Å². The largest absolute Gasteiger partial charge is 0.480 e. The molecule has 46 heavy (non-hydrogen) atoms. The van der Waals surface area contributed by atoms with Gasteiger partial charge in [0.15, 0.2) is 8.32 Å². The molecular formula is C37H46O8Si. The number of aliphatic hydroxyl groups excluding tert-OH is 1. The number of hydrogen-bond donors (Lipinski definition) is 1. The number of hydrogen-bond acceptors (Lipinski definition) is 8. The number of fused-ring (bicyclic) bond motifs is 1. The molecule has 1 aromatic heterocycles. The van der Waals surface area contributed by atoms with E-state index in [1.54, 1.807) is 19.2 Å². The van der Waals surface area contributed by atoms with Crippen molar-refractivity contribution in [3.63, 3.8) is 0 Å². The van der Waals surface area contributed by atoms with E-state index in [4.69, 9.17) is 27.8 Å². The third kappa shape index (κ3) is 6.80. The van der Waals surface area contributed by atoms with E-state index in [-0.39, 0.29) is 0 Å². The molecule has 9 heteroatoms. The first-order chi connectivity index (χ1) is 22.1. The Bertz CT molecular complexity index is 1600. The van der Waals surface area contributed by atoms with Crippen molar-refractivity contribution in [1.29, 1.82) is 0 Å². The van der Waals surface area contributed by atoms with Gasteiger partial charge in [-0.15, -0.1) is 0 Å². The van der Waals surface area contributed by atoms with Crippen LogP contribution in [0.4, 0.5) is 0 Å². The minimum absolute atomic E-state index is 0.335. The Morgan fingerprint density at radius 1 is 0.891 bits per heavy atom. The van der Waals surface area contributed by atoms with Gasteiger partial charge in [0.05, 0.1) is 17.1 Å². The summed E-state index contributed by atoms with van der Waals surface area (Å²) in [7, 11) is -0.513. The van der Waals surface area contributed by atoms with Gasteiger partial charge >= 0.3 is 5.63 Å². The summed E-state index contributed by atoms with van der Waals surface area (Å²) in [6.07, 6.45) is -3.77. The molecule has 1 N–H and O–H groups in total. The van der Waals surface area contributed by atoms with E-state index in [2.05, 4.69) is 20.8 Å². The van der Waals surface area contributed by atoms with Gasteiger partial charge in [-0.05, 0) is 62.2 Å². The standard InChI is InChI=1S/C37H46O8Si/c1-8-46(9-2,10-3)45-34-31(39)36(44-37(5,6)35(34)40-7)42-28-22-21-27-29(23-30(38)43-32(27)24(28)4)41-33(25-17-13-11-14-18-25)26-19-15-12-16-20-26/h11-23,31,33-36,39H,8-10H2,1-7H3/t31-,34+,35-,36-/m1/s1. The van der Waals surface area contributed by atoms with Crippen LogP contribution in [0.15, 0.2) is 88.1 Å². The maximum absolute atomic E-state index is 12.9. The average Bonchev–Trinajstić information content (AvgIpc) is 3.06. The van der Waals surface area contributed by atoms with Gasteiger partial charge in [0.1, 0.15) is 41.5 Å². The fourth-order valence-electron chi connectivity index (χ4n) is 6.47. The molecule has 3 aromatic carbocycles. The Labute approximate surface area is 272 Å². The Kier molecular flexibility index (Phi) is 10.4. The van der Waals surface area contributed by atoms with Crippen molar-refractivity contribution in [2.75, 3.05) is 7.11 Å². The molecule has 246 valence electrons. The van der Waals surface area contributed by atoms with E-state index in [0.717, 1.165) is 29.3 Å². The molecule has 1 aliphatic heterocycles. The van der Waals surface area contributed by atoms with Crippen LogP contribution in [-0.4, -0.2) is 50.7 Å². The predicted molar refractivity (Wildman–Crippen MR) is 181 cm³/mol. The number of aryl methyl sites for hydroxylation is 1. The van der Waals surface area contributed by atoms with Crippen LogP contribution in [-0.2, 0) is 13.9 Å². The summed E-state index contributed by atoms with van der Waals surface area (Å²) in [5.41, 5.74) is 1.45. The Balaban J connectivity index is 1.49. The van der Waals surface area contributed by atoms with Gasteiger partial charge in [-0.1, -0.05) is 81.4 Å². The van der Waals surface area contributed by atoms with Crippen LogP contribution in [0.5, 0.6) is 11.5 Å². The van der Waals surface area contributed by atoms with Crippen molar-refractivity contribution in [3.8, 4) is 11.5 Å². The van der Waals surface area contributed by atoms with E-state index in [0.29, 0.717) is 28.0 Å². The summed E-state index contributed by atoms with van der Waals surface area (Å²) in [5.74, 6) is 0.806. The van der Waals surface area contributed by atoms with Crippen molar-refractivity contribution < 1.29 is 32.9 Å². The third-order valence-electron chi connectivity index (χ3n) is 9.36. The van der Waals surface area contributed by atoms with Gasteiger partial charge in [-0.2, -0.15) is 0 Å². The molecule has 1 saturated heterocycles. The molecule has 0 saturated carbocycles. The van der Waals surface area contributed by atoms with Crippen LogP contribution in [0.3, 0.4) is 0 Å². The van der Waals surface area contributed by atoms with E-state index in [9.17, 15) is 9.90 Å². The highest BCUT2D eigenvalue weighted by Gasteiger charge is 2.53. The maximum Gasteiger partial charge on any atom is 0.339 e. The maximum atomic E-state index is 12.9. The molecule has 4 aromatic rings. The summed E-state index contributed by atoms with van der Waals surface area (Å²) in [5, 5.41) is 12.3. The Hall–Kier alpha value is -3.47. The fraction of sp³-hybridized carbons (Fsp3) is 0.432. The molecule has 0 radical (unpaired) electrons. The first-order valence-corrected chi connectivity index (χ1v) is 18.7. The number of ether oxygens (including phenoxy) is 4. The number of methoxy groups -OCH3 is 1. The lowest BCUT2D eigenvalue weighted by Gasteiger charge is -2.50. The van der Waals surface area contributed by atoms with Gasteiger partial charge in [0.25, 0.3) is 0 Å². The number of rotatable bonds is 12. The molecule has 8 nitrogen and oxygen atoms in total. The average molecular weight is 647 g/mol. The quantitative estimate of drug-likeness (QED) is 0.125. The predicted octanol–water partition coefficient (Wildman–Crippen LogP) is 7.55. The first-order valence-electron chi connectivity index (χ1n) is 16.1. The lowest BCUT2D eigenvalue weighted by atomic mass is 9.89. The smallest absolute Gasteiger partial charge is 0.339 e. The Morgan fingerprint density at radius 2 is 1.48 bits per heavy atom. The van der Waals surface area contributed by atoms with E-state index >= 15 is 0 Å². The van der Waals surface area contributed by atoms with Gasteiger partial charge < -0.3 is 32.9 Å². The minimum atomic E-state index is -2.13. The number of aliphatic hydroxyl groups is 1. The topological polar surface area (TPSA) is 96.6 Å². The molecule has 1 aliphatic rings.